The van der Waals surface area contributed by atoms with Crippen molar-refractivity contribution in [2.75, 3.05) is 12.4 Å². The number of carbonyl (C=O) groups excluding carboxylic acids is 1. The van der Waals surface area contributed by atoms with Crippen LogP contribution in [0.5, 0.6) is 5.75 Å². The Hall–Kier alpha value is -2.91. The maximum absolute atomic E-state index is 12.1. The molecule has 2 aromatic heterocycles. The summed E-state index contributed by atoms with van der Waals surface area (Å²) in [5, 5.41) is 6.82. The summed E-state index contributed by atoms with van der Waals surface area (Å²) in [6, 6.07) is 15.2. The fourth-order valence-electron chi connectivity index (χ4n) is 2.61. The third kappa shape index (κ3) is 5.12. The number of ether oxygens (including phenoxy) is 1. The van der Waals surface area contributed by atoms with Gasteiger partial charge >= 0.3 is 0 Å². The van der Waals surface area contributed by atoms with Crippen LogP contribution in [-0.4, -0.2) is 28.1 Å². The molecule has 2 aromatic carbocycles. The number of methoxy groups -OCH3 is 1. The van der Waals surface area contributed by atoms with Gasteiger partial charge in [-0.1, -0.05) is 29.1 Å². The maximum atomic E-state index is 12.1. The summed E-state index contributed by atoms with van der Waals surface area (Å²) in [4.78, 5) is 21.0. The Morgan fingerprint density at radius 3 is 2.79 bits per heavy atom. The number of anilines is 1. The van der Waals surface area contributed by atoms with Gasteiger partial charge in [0.05, 0.1) is 23.1 Å². The zero-order valence-corrected chi connectivity index (χ0v) is 17.3. The third-order valence-electron chi connectivity index (χ3n) is 4.05. The van der Waals surface area contributed by atoms with Crippen molar-refractivity contribution in [3.05, 3.63) is 60.2 Å². The topological polar surface area (TPSA) is 90.1 Å². The molecule has 0 bridgehead atoms. The second-order valence-electron chi connectivity index (χ2n) is 6.12. The second-order valence-corrected chi connectivity index (χ2v) is 8.37. The lowest BCUT2D eigenvalue weighted by Crippen LogP contribution is -2.12. The number of thiazole rings is 1. The predicted octanol–water partition coefficient (Wildman–Crippen LogP) is 4.55. The number of amides is 1. The molecular weight excluding hydrogens is 408 g/mol. The van der Waals surface area contributed by atoms with Gasteiger partial charge in [-0.25, -0.2) is 4.98 Å². The predicted molar refractivity (Wildman–Crippen MR) is 113 cm³/mol. The smallest absolute Gasteiger partial charge is 0.227 e. The lowest BCUT2D eigenvalue weighted by molar-refractivity contribution is -0.116. The summed E-state index contributed by atoms with van der Waals surface area (Å²) in [6.45, 7) is 0. The number of benzene rings is 2. The first-order chi connectivity index (χ1) is 14.2. The summed E-state index contributed by atoms with van der Waals surface area (Å²) in [5.74, 6) is 2.25. The second kappa shape index (κ2) is 9.06. The fourth-order valence-corrected chi connectivity index (χ4v) is 4.52. The van der Waals surface area contributed by atoms with E-state index < -0.39 is 0 Å². The molecule has 29 heavy (non-hydrogen) atoms. The molecule has 1 amide bonds. The van der Waals surface area contributed by atoms with Crippen LogP contribution in [0, 0.1) is 0 Å². The maximum Gasteiger partial charge on any atom is 0.227 e. The standard InChI is InChI=1S/C20H18N4O3S2/c1-26-14-8-6-13(7-9-14)21-18(25)10-11-19-23-17(24-27-19)12-28-20-22-15-4-2-3-5-16(15)29-20/h2-9H,10-12H2,1H3,(H,21,25). The molecule has 4 rings (SSSR count). The van der Waals surface area contributed by atoms with Crippen molar-refractivity contribution in [3.8, 4) is 5.75 Å². The van der Waals surface area contributed by atoms with Gasteiger partial charge in [-0.2, -0.15) is 4.98 Å². The Bertz CT molecular complexity index is 1080. The van der Waals surface area contributed by atoms with E-state index in [4.69, 9.17) is 9.26 Å². The number of carbonyl (C=O) groups is 1. The first-order valence-electron chi connectivity index (χ1n) is 8.93. The van der Waals surface area contributed by atoms with E-state index in [2.05, 4.69) is 26.5 Å². The Morgan fingerprint density at radius 2 is 2.00 bits per heavy atom. The van der Waals surface area contributed by atoms with Crippen molar-refractivity contribution in [3.63, 3.8) is 0 Å². The number of rotatable bonds is 8. The van der Waals surface area contributed by atoms with E-state index >= 15 is 0 Å². The molecule has 0 radical (unpaired) electrons. The molecule has 0 saturated heterocycles. The highest BCUT2D eigenvalue weighted by atomic mass is 32.2. The average Bonchev–Trinajstić information content (AvgIpc) is 3.37. The quantitative estimate of drug-likeness (QED) is 0.413. The Morgan fingerprint density at radius 1 is 1.17 bits per heavy atom. The van der Waals surface area contributed by atoms with Crippen LogP contribution < -0.4 is 10.1 Å². The number of aromatic nitrogens is 3. The molecule has 9 heteroatoms. The Labute approximate surface area is 175 Å². The first-order valence-corrected chi connectivity index (χ1v) is 10.7. The number of para-hydroxylation sites is 1. The summed E-state index contributed by atoms with van der Waals surface area (Å²) in [6.07, 6.45) is 0.652. The van der Waals surface area contributed by atoms with Gasteiger partial charge in [-0.05, 0) is 36.4 Å². The van der Waals surface area contributed by atoms with Gasteiger partial charge in [-0.3, -0.25) is 4.79 Å². The van der Waals surface area contributed by atoms with Crippen LogP contribution in [0.4, 0.5) is 5.69 Å². The van der Waals surface area contributed by atoms with E-state index in [1.54, 1.807) is 54.5 Å². The molecule has 0 aliphatic heterocycles. The lowest BCUT2D eigenvalue weighted by atomic mass is 10.2. The SMILES string of the molecule is COc1ccc(NC(=O)CCc2nc(CSc3nc4ccccc4s3)no2)cc1. The normalized spacial score (nSPS) is 10.9. The zero-order valence-electron chi connectivity index (χ0n) is 15.6. The van der Waals surface area contributed by atoms with Crippen molar-refractivity contribution in [1.29, 1.82) is 0 Å². The summed E-state index contributed by atoms with van der Waals surface area (Å²) in [5.41, 5.74) is 1.71. The van der Waals surface area contributed by atoms with Crippen LogP contribution in [0.3, 0.4) is 0 Å². The molecule has 0 unspecified atom stereocenters. The largest absolute Gasteiger partial charge is 0.497 e. The molecule has 0 aliphatic carbocycles. The monoisotopic (exact) mass is 426 g/mol. The molecule has 0 saturated carbocycles. The van der Waals surface area contributed by atoms with Gasteiger partial charge in [0.15, 0.2) is 10.2 Å². The van der Waals surface area contributed by atoms with Gasteiger partial charge in [0.1, 0.15) is 5.75 Å². The van der Waals surface area contributed by atoms with Gasteiger partial charge in [0, 0.05) is 18.5 Å². The van der Waals surface area contributed by atoms with Crippen molar-refractivity contribution >= 4 is 44.9 Å². The van der Waals surface area contributed by atoms with Crippen molar-refractivity contribution < 1.29 is 14.1 Å². The number of nitrogens with zero attached hydrogens (tertiary/aromatic N) is 3. The highest BCUT2D eigenvalue weighted by molar-refractivity contribution is 8.00. The van der Waals surface area contributed by atoms with Crippen molar-refractivity contribution in [2.45, 2.75) is 22.9 Å². The molecular formula is C20H18N4O3S2. The number of hydrogen-bond acceptors (Lipinski definition) is 8. The van der Waals surface area contributed by atoms with Crippen LogP contribution in [-0.2, 0) is 17.0 Å². The molecule has 2 heterocycles. The number of aryl methyl sites for hydroxylation is 1. The number of fused-ring (bicyclic) bond motifs is 1. The van der Waals surface area contributed by atoms with Crippen LogP contribution in [0.1, 0.15) is 18.1 Å². The molecule has 0 spiro atoms. The van der Waals surface area contributed by atoms with E-state index in [9.17, 15) is 4.79 Å². The highest BCUT2D eigenvalue weighted by Crippen LogP contribution is 2.30. The van der Waals surface area contributed by atoms with E-state index in [1.807, 2.05) is 18.2 Å². The highest BCUT2D eigenvalue weighted by Gasteiger charge is 2.11. The minimum Gasteiger partial charge on any atom is -0.497 e. The van der Waals surface area contributed by atoms with Crippen LogP contribution in [0.15, 0.2) is 57.4 Å². The molecule has 1 N–H and O–H groups in total. The Kier molecular flexibility index (Phi) is 6.06. The van der Waals surface area contributed by atoms with Gasteiger partial charge < -0.3 is 14.6 Å². The zero-order chi connectivity index (χ0) is 20.1. The average molecular weight is 427 g/mol. The minimum atomic E-state index is -0.112. The van der Waals surface area contributed by atoms with Gasteiger partial charge in [-0.15, -0.1) is 11.3 Å². The summed E-state index contributed by atoms with van der Waals surface area (Å²) in [7, 11) is 1.60. The molecule has 4 aromatic rings. The minimum absolute atomic E-state index is 0.112. The first kappa shape index (κ1) is 19.4. The molecule has 0 atom stereocenters. The van der Waals surface area contributed by atoms with E-state index in [1.165, 1.54) is 0 Å². The fraction of sp³-hybridized carbons (Fsp3) is 0.200. The van der Waals surface area contributed by atoms with Crippen molar-refractivity contribution in [1.82, 2.24) is 15.1 Å². The molecule has 148 valence electrons. The summed E-state index contributed by atoms with van der Waals surface area (Å²) < 4.78 is 12.5. The van der Waals surface area contributed by atoms with E-state index in [0.29, 0.717) is 29.6 Å². The molecule has 7 nitrogen and oxygen atoms in total. The third-order valence-corrected chi connectivity index (χ3v) is 6.22. The van der Waals surface area contributed by atoms with Crippen molar-refractivity contribution in [2.24, 2.45) is 0 Å². The Balaban J connectivity index is 1.25. The number of nitrogens with one attached hydrogen (secondary N) is 1. The lowest BCUT2D eigenvalue weighted by Gasteiger charge is -2.05. The molecule has 0 fully saturated rings. The summed E-state index contributed by atoms with van der Waals surface area (Å²) >= 11 is 3.22. The number of hydrogen-bond donors (Lipinski definition) is 1. The van der Waals surface area contributed by atoms with Crippen LogP contribution >= 0.6 is 23.1 Å². The van der Waals surface area contributed by atoms with Gasteiger partial charge in [0.2, 0.25) is 11.8 Å². The number of thioether (sulfide) groups is 1. The van der Waals surface area contributed by atoms with E-state index in [0.717, 1.165) is 20.3 Å². The van der Waals surface area contributed by atoms with Crippen LogP contribution in [0.2, 0.25) is 0 Å². The van der Waals surface area contributed by atoms with Crippen LogP contribution in [0.25, 0.3) is 10.2 Å². The van der Waals surface area contributed by atoms with E-state index in [-0.39, 0.29) is 12.3 Å². The molecule has 0 aliphatic rings. The van der Waals surface area contributed by atoms with Gasteiger partial charge in [0.25, 0.3) is 0 Å².